The fourth-order valence-electron chi connectivity index (χ4n) is 3.35. The van der Waals surface area contributed by atoms with Gasteiger partial charge in [-0.3, -0.25) is 8.98 Å². The second-order valence-corrected chi connectivity index (χ2v) is 8.74. The molecule has 0 heterocycles. The average molecular weight is 424 g/mol. The second-order valence-electron chi connectivity index (χ2n) is 7.10. The van der Waals surface area contributed by atoms with E-state index in [9.17, 15) is 13.2 Å². The Morgan fingerprint density at radius 1 is 0.900 bits per heavy atom. The van der Waals surface area contributed by atoms with Crippen molar-refractivity contribution in [3.8, 4) is 11.1 Å². The van der Waals surface area contributed by atoms with Gasteiger partial charge in [0.2, 0.25) is 0 Å². The number of hydrogen-bond donors (Lipinski definition) is 1. The first-order valence-electron chi connectivity index (χ1n) is 9.69. The Balaban J connectivity index is 1.95. The zero-order valence-electron chi connectivity index (χ0n) is 17.1. The van der Waals surface area contributed by atoms with Gasteiger partial charge in [-0.25, -0.2) is 0 Å². The number of nitrogens with one attached hydrogen (secondary N) is 1. The maximum absolute atomic E-state index is 13.2. The Morgan fingerprint density at radius 2 is 1.57 bits per heavy atom. The molecular weight excluding hydrogens is 398 g/mol. The van der Waals surface area contributed by atoms with Gasteiger partial charge in [-0.15, -0.1) is 0 Å². The van der Waals surface area contributed by atoms with E-state index in [2.05, 4.69) is 5.32 Å². The summed E-state index contributed by atoms with van der Waals surface area (Å²) < 4.78 is 27.6. The van der Waals surface area contributed by atoms with E-state index in [1.54, 1.807) is 0 Å². The van der Waals surface area contributed by atoms with Crippen molar-refractivity contribution in [2.45, 2.75) is 19.9 Å². The van der Waals surface area contributed by atoms with Gasteiger partial charge in [0.1, 0.15) is 0 Å². The summed E-state index contributed by atoms with van der Waals surface area (Å²) in [6.07, 6.45) is 1.32. The lowest BCUT2D eigenvalue weighted by Crippen LogP contribution is -2.25. The number of aryl methyl sites for hydroxylation is 1. The van der Waals surface area contributed by atoms with Crippen LogP contribution in [0.5, 0.6) is 0 Å². The van der Waals surface area contributed by atoms with Crippen LogP contribution in [0.3, 0.4) is 0 Å². The van der Waals surface area contributed by atoms with Crippen LogP contribution in [0.15, 0.2) is 72.8 Å². The first kappa shape index (κ1) is 21.7. The third-order valence-electron chi connectivity index (χ3n) is 4.78. The standard InChI is InChI=1S/C24H25NO4S/c1-18-9-6-7-13-21(18)22-14-8-12-20(15-16-29-30(2,27)28)23(22)24(26)25-17-19-10-4-3-5-11-19/h3-14H,15-17H2,1-2H3,(H,25,26). The highest BCUT2D eigenvalue weighted by molar-refractivity contribution is 7.85. The molecule has 0 fully saturated rings. The maximum Gasteiger partial charge on any atom is 0.264 e. The summed E-state index contributed by atoms with van der Waals surface area (Å²) >= 11 is 0. The van der Waals surface area contributed by atoms with E-state index < -0.39 is 10.1 Å². The highest BCUT2D eigenvalue weighted by Crippen LogP contribution is 2.29. The zero-order chi connectivity index (χ0) is 21.6. The number of hydrogen-bond acceptors (Lipinski definition) is 4. The van der Waals surface area contributed by atoms with Gasteiger partial charge in [-0.1, -0.05) is 72.8 Å². The minimum absolute atomic E-state index is 0.0188. The molecule has 0 aliphatic rings. The van der Waals surface area contributed by atoms with E-state index in [1.807, 2.05) is 79.7 Å². The van der Waals surface area contributed by atoms with Crippen molar-refractivity contribution in [1.82, 2.24) is 5.32 Å². The smallest absolute Gasteiger partial charge is 0.264 e. The lowest BCUT2D eigenvalue weighted by molar-refractivity contribution is 0.0950. The minimum atomic E-state index is -3.54. The van der Waals surface area contributed by atoms with Gasteiger partial charge in [-0.05, 0) is 41.2 Å². The molecule has 0 saturated carbocycles. The summed E-state index contributed by atoms with van der Waals surface area (Å²) in [4.78, 5) is 13.2. The van der Waals surface area contributed by atoms with Crippen molar-refractivity contribution in [1.29, 1.82) is 0 Å². The summed E-state index contributed by atoms with van der Waals surface area (Å²) in [6, 6.07) is 23.2. The van der Waals surface area contributed by atoms with E-state index >= 15 is 0 Å². The van der Waals surface area contributed by atoms with Crippen LogP contribution in [0.25, 0.3) is 11.1 Å². The first-order valence-corrected chi connectivity index (χ1v) is 11.5. The number of rotatable bonds is 8. The molecule has 3 rings (SSSR count). The van der Waals surface area contributed by atoms with Crippen LogP contribution < -0.4 is 5.32 Å². The van der Waals surface area contributed by atoms with Crippen LogP contribution in [-0.4, -0.2) is 27.2 Å². The second kappa shape index (κ2) is 9.69. The molecule has 0 aliphatic carbocycles. The molecule has 0 bridgehead atoms. The van der Waals surface area contributed by atoms with E-state index in [4.69, 9.17) is 4.18 Å². The van der Waals surface area contributed by atoms with Gasteiger partial charge < -0.3 is 5.32 Å². The largest absolute Gasteiger partial charge is 0.348 e. The van der Waals surface area contributed by atoms with Gasteiger partial charge in [-0.2, -0.15) is 8.42 Å². The topological polar surface area (TPSA) is 72.5 Å². The molecular formula is C24H25NO4S. The first-order chi connectivity index (χ1) is 14.3. The summed E-state index contributed by atoms with van der Waals surface area (Å²) in [6.45, 7) is 2.39. The highest BCUT2D eigenvalue weighted by atomic mass is 32.2. The van der Waals surface area contributed by atoms with Crippen LogP contribution in [0.2, 0.25) is 0 Å². The summed E-state index contributed by atoms with van der Waals surface area (Å²) in [5.74, 6) is -0.202. The van der Waals surface area contributed by atoms with E-state index in [0.717, 1.165) is 34.1 Å². The van der Waals surface area contributed by atoms with Crippen molar-refractivity contribution in [2.24, 2.45) is 0 Å². The monoisotopic (exact) mass is 423 g/mol. The Hall–Kier alpha value is -2.96. The molecule has 0 saturated heterocycles. The molecule has 0 spiro atoms. The fraction of sp³-hybridized carbons (Fsp3) is 0.208. The molecule has 0 unspecified atom stereocenters. The van der Waals surface area contributed by atoms with Gasteiger partial charge >= 0.3 is 0 Å². The van der Waals surface area contributed by atoms with Gasteiger partial charge in [0, 0.05) is 6.54 Å². The van der Waals surface area contributed by atoms with Crippen molar-refractivity contribution in [3.63, 3.8) is 0 Å². The normalized spacial score (nSPS) is 11.3. The predicted molar refractivity (Wildman–Crippen MR) is 119 cm³/mol. The third kappa shape index (κ3) is 5.78. The van der Waals surface area contributed by atoms with Crippen molar-refractivity contribution in [2.75, 3.05) is 12.9 Å². The Morgan fingerprint density at radius 3 is 2.27 bits per heavy atom. The van der Waals surface area contributed by atoms with Gasteiger partial charge in [0.25, 0.3) is 16.0 Å². The van der Waals surface area contributed by atoms with Gasteiger partial charge in [0.15, 0.2) is 0 Å². The summed E-state index contributed by atoms with van der Waals surface area (Å²) in [5, 5.41) is 2.99. The molecule has 6 heteroatoms. The molecule has 156 valence electrons. The lowest BCUT2D eigenvalue weighted by atomic mass is 9.91. The van der Waals surface area contributed by atoms with E-state index in [-0.39, 0.29) is 12.5 Å². The fourth-order valence-corrected chi connectivity index (χ4v) is 3.73. The van der Waals surface area contributed by atoms with Crippen LogP contribution >= 0.6 is 0 Å². The molecule has 5 nitrogen and oxygen atoms in total. The Labute approximate surface area is 177 Å². The number of amides is 1. The van der Waals surface area contributed by atoms with Crippen molar-refractivity contribution >= 4 is 16.0 Å². The highest BCUT2D eigenvalue weighted by Gasteiger charge is 2.18. The number of carbonyl (C=O) groups is 1. The Kier molecular flexibility index (Phi) is 7.03. The number of carbonyl (C=O) groups excluding carboxylic acids is 1. The molecule has 0 atom stereocenters. The van der Waals surface area contributed by atoms with Crippen LogP contribution in [0, 0.1) is 6.92 Å². The molecule has 3 aromatic carbocycles. The average Bonchev–Trinajstić information content (AvgIpc) is 2.72. The van der Waals surface area contributed by atoms with E-state index in [0.29, 0.717) is 18.5 Å². The predicted octanol–water partition coefficient (Wildman–Crippen LogP) is 4.11. The molecule has 0 aliphatic heterocycles. The van der Waals surface area contributed by atoms with Crippen LogP contribution in [0.1, 0.15) is 27.0 Å². The van der Waals surface area contributed by atoms with Crippen molar-refractivity contribution < 1.29 is 17.4 Å². The maximum atomic E-state index is 13.2. The summed E-state index contributed by atoms with van der Waals surface area (Å²) in [7, 11) is -3.54. The SMILES string of the molecule is Cc1ccccc1-c1cccc(CCOS(C)(=O)=O)c1C(=O)NCc1ccccc1. The molecule has 0 aromatic heterocycles. The Bertz CT molecular complexity index is 1120. The molecule has 3 aromatic rings. The quantitative estimate of drug-likeness (QED) is 0.554. The molecule has 1 amide bonds. The zero-order valence-corrected chi connectivity index (χ0v) is 17.9. The molecule has 30 heavy (non-hydrogen) atoms. The van der Waals surface area contributed by atoms with Crippen LogP contribution in [0.4, 0.5) is 0 Å². The van der Waals surface area contributed by atoms with Gasteiger partial charge in [0.05, 0.1) is 18.4 Å². The van der Waals surface area contributed by atoms with Crippen LogP contribution in [-0.2, 0) is 27.3 Å². The number of benzene rings is 3. The van der Waals surface area contributed by atoms with E-state index in [1.165, 1.54) is 0 Å². The molecule has 0 radical (unpaired) electrons. The third-order valence-corrected chi connectivity index (χ3v) is 5.37. The molecule has 1 N–H and O–H groups in total. The van der Waals surface area contributed by atoms with Crippen molar-refractivity contribution in [3.05, 3.63) is 95.1 Å². The minimum Gasteiger partial charge on any atom is -0.348 e. The summed E-state index contributed by atoms with van der Waals surface area (Å²) in [5.41, 5.74) is 5.12. The lowest BCUT2D eigenvalue weighted by Gasteiger charge is -2.16.